The summed E-state index contributed by atoms with van der Waals surface area (Å²) in [7, 11) is 0. The van der Waals surface area contributed by atoms with E-state index in [-0.39, 0.29) is 27.1 Å². The molecule has 0 saturated heterocycles. The summed E-state index contributed by atoms with van der Waals surface area (Å²) >= 11 is 0. The summed E-state index contributed by atoms with van der Waals surface area (Å²) in [6.07, 6.45) is 8.54. The van der Waals surface area contributed by atoms with E-state index in [9.17, 15) is 0 Å². The molecule has 3 aliphatic carbocycles. The van der Waals surface area contributed by atoms with Crippen LogP contribution in [0.3, 0.4) is 0 Å². The number of hydrogen-bond donors (Lipinski definition) is 0. The number of fused-ring (bicyclic) bond motifs is 3. The molecule has 0 bridgehead atoms. The van der Waals surface area contributed by atoms with Crippen LogP contribution >= 0.6 is 0 Å². The van der Waals surface area contributed by atoms with Gasteiger partial charge in [-0.3, -0.25) is 4.98 Å². The van der Waals surface area contributed by atoms with Crippen LogP contribution in [0.5, 0.6) is 0 Å². The van der Waals surface area contributed by atoms with Gasteiger partial charge in [0.25, 0.3) is 0 Å². The van der Waals surface area contributed by atoms with Crippen LogP contribution in [0.2, 0.25) is 0 Å². The number of rotatable bonds is 5. The quantitative estimate of drug-likeness (QED) is 0.176. The van der Waals surface area contributed by atoms with E-state index in [1.54, 1.807) is 5.56 Å². The van der Waals surface area contributed by atoms with Gasteiger partial charge in [-0.25, -0.2) is 15.0 Å². The summed E-state index contributed by atoms with van der Waals surface area (Å²) in [5.41, 5.74) is 14.5. The summed E-state index contributed by atoms with van der Waals surface area (Å²) in [4.78, 5) is 20.4. The molecule has 3 aromatic heterocycles. The smallest absolute Gasteiger partial charge is 0.165 e. The summed E-state index contributed by atoms with van der Waals surface area (Å²) in [6.45, 7) is 22.3. The van der Waals surface area contributed by atoms with Crippen LogP contribution in [0.1, 0.15) is 96.7 Å². The molecule has 10 rings (SSSR count). The normalized spacial score (nSPS) is 18.8. The van der Waals surface area contributed by atoms with E-state index in [1.807, 2.05) is 24.4 Å². The Labute approximate surface area is 337 Å². The zero-order chi connectivity index (χ0) is 39.7. The van der Waals surface area contributed by atoms with Gasteiger partial charge in [0.1, 0.15) is 0 Å². The molecule has 0 saturated carbocycles. The monoisotopic (exact) mass is 745 g/mol. The Bertz CT molecular complexity index is 2730. The van der Waals surface area contributed by atoms with Crippen molar-refractivity contribution in [1.82, 2.24) is 24.5 Å². The summed E-state index contributed by atoms with van der Waals surface area (Å²) in [5, 5.41) is 1.20. The van der Waals surface area contributed by atoms with Gasteiger partial charge in [-0.05, 0) is 106 Å². The fourth-order valence-electron chi connectivity index (χ4n) is 10.9. The van der Waals surface area contributed by atoms with Crippen LogP contribution in [-0.2, 0) is 22.7 Å². The fraction of sp³-hybridized carbons (Fsp3) is 0.308. The van der Waals surface area contributed by atoms with E-state index in [0.717, 1.165) is 35.2 Å². The largest absolute Gasteiger partial charge is 0.313 e. The Kier molecular flexibility index (Phi) is 7.47. The van der Waals surface area contributed by atoms with Crippen molar-refractivity contribution in [3.05, 3.63) is 143 Å². The van der Waals surface area contributed by atoms with Crippen molar-refractivity contribution in [2.24, 2.45) is 10.8 Å². The molecule has 0 amide bonds. The van der Waals surface area contributed by atoms with Crippen molar-refractivity contribution < 1.29 is 0 Å². The van der Waals surface area contributed by atoms with Gasteiger partial charge in [-0.2, -0.15) is 0 Å². The molecular weight excluding hydrogens is 695 g/mol. The lowest BCUT2D eigenvalue weighted by Gasteiger charge is -2.56. The molecule has 0 radical (unpaired) electrons. The minimum absolute atomic E-state index is 0.00651. The lowest BCUT2D eigenvalue weighted by atomic mass is 9.47. The molecule has 57 heavy (non-hydrogen) atoms. The highest BCUT2D eigenvalue weighted by molar-refractivity contribution is 5.96. The fourth-order valence-corrected chi connectivity index (χ4v) is 10.9. The van der Waals surface area contributed by atoms with Crippen molar-refractivity contribution in [3.63, 3.8) is 0 Å². The first-order chi connectivity index (χ1) is 27.2. The van der Waals surface area contributed by atoms with Crippen LogP contribution in [0.15, 0.2) is 115 Å². The third kappa shape index (κ3) is 4.69. The Morgan fingerprint density at radius 3 is 1.75 bits per heavy atom. The molecule has 5 heteroatoms. The van der Waals surface area contributed by atoms with Gasteiger partial charge in [-0.1, -0.05) is 123 Å². The Morgan fingerprint density at radius 2 is 1.14 bits per heavy atom. The Morgan fingerprint density at radius 1 is 0.561 bits per heavy atom. The van der Waals surface area contributed by atoms with E-state index >= 15 is 0 Å². The van der Waals surface area contributed by atoms with Gasteiger partial charge in [-0.15, -0.1) is 0 Å². The minimum atomic E-state index is -0.00651. The summed E-state index contributed by atoms with van der Waals surface area (Å²) in [6, 6.07) is 36.6. The first kappa shape index (κ1) is 35.7. The highest BCUT2D eigenvalue weighted by atomic mass is 15.0. The van der Waals surface area contributed by atoms with Crippen molar-refractivity contribution in [1.29, 1.82) is 0 Å². The van der Waals surface area contributed by atoms with Gasteiger partial charge in [0.05, 0.1) is 11.2 Å². The zero-order valence-corrected chi connectivity index (χ0v) is 34.7. The number of allylic oxidation sites excluding steroid dienone is 1. The molecule has 0 N–H and O–H groups in total. The Hall–Kier alpha value is -5.68. The van der Waals surface area contributed by atoms with E-state index in [2.05, 4.69) is 164 Å². The van der Waals surface area contributed by atoms with Crippen LogP contribution in [-0.4, -0.2) is 24.5 Å². The number of para-hydroxylation sites is 1. The maximum absolute atomic E-state index is 5.16. The molecule has 0 atom stereocenters. The van der Waals surface area contributed by atoms with Gasteiger partial charge in [0.2, 0.25) is 0 Å². The first-order valence-corrected chi connectivity index (χ1v) is 20.5. The molecule has 4 aromatic carbocycles. The van der Waals surface area contributed by atoms with Crippen LogP contribution < -0.4 is 0 Å². The van der Waals surface area contributed by atoms with E-state index in [4.69, 9.17) is 19.9 Å². The van der Waals surface area contributed by atoms with Crippen LogP contribution in [0, 0.1) is 10.8 Å². The standard InChI is InChI=1S/C52H51N5/c1-48(2)39-29-35(30-40-44(39)52(9,50(48,5)6)51(7,8)49(40,3)4)41-26-24-34(31-53-41)47-55-45(32-18-12-10-13-19-32)54-46(56-47)33-25-27-43-38(28-33)37-22-16-17-23-42(37)57(43)36-20-14-11-15-21-36/h10-16,18-22,24-31H,17,23H2,1-9H3. The molecule has 0 spiro atoms. The van der Waals surface area contributed by atoms with Crippen molar-refractivity contribution >= 4 is 17.0 Å². The highest BCUT2D eigenvalue weighted by Crippen LogP contribution is 2.76. The average molecular weight is 746 g/mol. The lowest BCUT2D eigenvalue weighted by Crippen LogP contribution is -2.55. The second-order valence-corrected chi connectivity index (χ2v) is 18.9. The maximum atomic E-state index is 5.16. The molecule has 284 valence electrons. The predicted octanol–water partition coefficient (Wildman–Crippen LogP) is 12.7. The van der Waals surface area contributed by atoms with Crippen LogP contribution in [0.4, 0.5) is 0 Å². The van der Waals surface area contributed by atoms with Crippen molar-refractivity contribution in [2.45, 2.75) is 91.4 Å². The summed E-state index contributed by atoms with van der Waals surface area (Å²) in [5.74, 6) is 1.89. The van der Waals surface area contributed by atoms with E-state index in [1.165, 1.54) is 44.5 Å². The lowest BCUT2D eigenvalue weighted by molar-refractivity contribution is -0.0105. The average Bonchev–Trinajstić information content (AvgIpc) is 3.67. The number of aromatic nitrogens is 5. The van der Waals surface area contributed by atoms with Gasteiger partial charge in [0.15, 0.2) is 17.5 Å². The minimum Gasteiger partial charge on any atom is -0.313 e. The zero-order valence-electron chi connectivity index (χ0n) is 34.7. The molecule has 5 nitrogen and oxygen atoms in total. The molecule has 3 heterocycles. The third-order valence-corrected chi connectivity index (χ3v) is 15.8. The number of hydrogen-bond acceptors (Lipinski definition) is 4. The molecule has 7 aromatic rings. The maximum Gasteiger partial charge on any atom is 0.165 e. The number of benzene rings is 4. The van der Waals surface area contributed by atoms with Crippen LogP contribution in [0.25, 0.3) is 68.1 Å². The van der Waals surface area contributed by atoms with Gasteiger partial charge >= 0.3 is 0 Å². The summed E-state index contributed by atoms with van der Waals surface area (Å²) < 4.78 is 2.41. The highest BCUT2D eigenvalue weighted by Gasteiger charge is 2.72. The third-order valence-electron chi connectivity index (χ3n) is 15.8. The molecule has 3 aliphatic rings. The van der Waals surface area contributed by atoms with Crippen molar-refractivity contribution in [3.8, 4) is 51.1 Å². The van der Waals surface area contributed by atoms with E-state index in [0.29, 0.717) is 17.5 Å². The topological polar surface area (TPSA) is 56.5 Å². The molecule has 0 aliphatic heterocycles. The van der Waals surface area contributed by atoms with Crippen molar-refractivity contribution in [2.75, 3.05) is 0 Å². The Balaban J connectivity index is 1.09. The molecular formula is C52H51N5. The first-order valence-electron chi connectivity index (χ1n) is 20.5. The molecule has 0 unspecified atom stereocenters. The molecule has 0 fully saturated rings. The SMILES string of the molecule is CC1(C)c2cc(-c3ccc(-c4nc(-c5ccccc5)nc(-c5ccc6c(c5)c5c(n6-c6ccccc6)CCC=C5)n4)cn3)cc3c2C(C)(C1(C)C)C(C)(C)C3(C)C. The van der Waals surface area contributed by atoms with Gasteiger partial charge in [0, 0.05) is 56.2 Å². The second-order valence-electron chi connectivity index (χ2n) is 18.9. The number of nitrogens with zero attached hydrogens (tertiary/aromatic N) is 5. The van der Waals surface area contributed by atoms with E-state index < -0.39 is 0 Å². The van der Waals surface area contributed by atoms with Gasteiger partial charge < -0.3 is 4.57 Å². The number of pyridine rings is 1. The second kappa shape index (κ2) is 11.9. The predicted molar refractivity (Wildman–Crippen MR) is 235 cm³/mol.